The van der Waals surface area contributed by atoms with Gasteiger partial charge in [0.1, 0.15) is 0 Å². The average Bonchev–Trinajstić information content (AvgIpc) is 2.77. The molecule has 2 radical (unpaired) electrons. The van der Waals surface area contributed by atoms with Crippen molar-refractivity contribution in [3.63, 3.8) is 0 Å². The molecule has 0 atom stereocenters. The standard InChI is InChI=1S/C25H32F2O2/c1-3-5-16-28-22-14-15-23(25(27)24(22)26)29-17-19-8-12-21(13-9-19)20-10-6-18(4-2)7-11-20/h3-4,14-15,19-20H,1-2,5-13,16-17H2. The topological polar surface area (TPSA) is 18.5 Å². The molecule has 158 valence electrons. The molecule has 0 bridgehead atoms. The number of ether oxygens (including phenoxy) is 2. The van der Waals surface area contributed by atoms with Crippen LogP contribution in [0.4, 0.5) is 8.78 Å². The predicted octanol–water partition coefficient (Wildman–Crippen LogP) is 7.01. The SMILES string of the molecule is C=CCCOc1ccc(OCC2CC[C](C3CC[C](C=C)CC3)CC2)c(F)c1F. The highest BCUT2D eigenvalue weighted by atomic mass is 19.2. The largest absolute Gasteiger partial charge is 0.490 e. The molecule has 2 nitrogen and oxygen atoms in total. The third-order valence-electron chi connectivity index (χ3n) is 6.31. The van der Waals surface area contributed by atoms with Crippen LogP contribution in [-0.4, -0.2) is 13.2 Å². The molecule has 1 aromatic carbocycles. The van der Waals surface area contributed by atoms with Crippen molar-refractivity contribution in [1.82, 2.24) is 0 Å². The molecule has 3 rings (SSSR count). The highest BCUT2D eigenvalue weighted by molar-refractivity contribution is 5.35. The Kier molecular flexibility index (Phi) is 8.14. The monoisotopic (exact) mass is 402 g/mol. The number of hydrogen-bond acceptors (Lipinski definition) is 2. The van der Waals surface area contributed by atoms with Crippen LogP contribution in [0.1, 0.15) is 57.8 Å². The number of halogens is 2. The van der Waals surface area contributed by atoms with Crippen molar-refractivity contribution >= 4 is 0 Å². The fraction of sp³-hybridized carbons (Fsp3) is 0.520. The summed E-state index contributed by atoms with van der Waals surface area (Å²) in [5, 5.41) is 0. The normalized spacial score (nSPS) is 19.8. The summed E-state index contributed by atoms with van der Waals surface area (Å²) in [5.74, 6) is 2.26. The van der Waals surface area contributed by atoms with Crippen molar-refractivity contribution in [1.29, 1.82) is 0 Å². The van der Waals surface area contributed by atoms with Crippen molar-refractivity contribution < 1.29 is 18.3 Å². The van der Waals surface area contributed by atoms with Crippen LogP contribution in [0.2, 0.25) is 0 Å². The molecule has 0 amide bonds. The number of hydrogen-bond donors (Lipinski definition) is 0. The van der Waals surface area contributed by atoms with Gasteiger partial charge >= 0.3 is 0 Å². The second kappa shape index (κ2) is 10.8. The lowest BCUT2D eigenvalue weighted by molar-refractivity contribution is 0.193. The Morgan fingerprint density at radius 2 is 1.52 bits per heavy atom. The zero-order chi connectivity index (χ0) is 20.6. The van der Waals surface area contributed by atoms with E-state index < -0.39 is 11.6 Å². The fourth-order valence-electron chi connectivity index (χ4n) is 4.42. The second-order valence-corrected chi connectivity index (χ2v) is 8.16. The molecule has 2 aliphatic rings. The summed E-state index contributed by atoms with van der Waals surface area (Å²) in [6, 6.07) is 2.89. The molecule has 1 aromatic rings. The smallest absolute Gasteiger partial charge is 0.204 e. The van der Waals surface area contributed by atoms with Gasteiger partial charge in [-0.2, -0.15) is 8.78 Å². The second-order valence-electron chi connectivity index (χ2n) is 8.16. The molecule has 0 N–H and O–H groups in total. The van der Waals surface area contributed by atoms with E-state index in [1.54, 1.807) is 12.0 Å². The summed E-state index contributed by atoms with van der Waals surface area (Å²) in [6.07, 6.45) is 13.5. The Hall–Kier alpha value is -1.84. The summed E-state index contributed by atoms with van der Waals surface area (Å²) in [7, 11) is 0. The molecule has 0 aromatic heterocycles. The first-order valence-corrected chi connectivity index (χ1v) is 10.8. The van der Waals surface area contributed by atoms with E-state index in [0.717, 1.165) is 31.6 Å². The van der Waals surface area contributed by atoms with E-state index in [2.05, 4.69) is 13.2 Å². The Morgan fingerprint density at radius 1 is 0.897 bits per heavy atom. The third-order valence-corrected chi connectivity index (χ3v) is 6.31. The summed E-state index contributed by atoms with van der Waals surface area (Å²) in [5.41, 5.74) is 0. The van der Waals surface area contributed by atoms with Gasteiger partial charge < -0.3 is 9.47 Å². The summed E-state index contributed by atoms with van der Waals surface area (Å²) in [6.45, 7) is 8.17. The average molecular weight is 403 g/mol. The van der Waals surface area contributed by atoms with Gasteiger partial charge in [-0.05, 0) is 93.6 Å². The van der Waals surface area contributed by atoms with Crippen molar-refractivity contribution in [2.45, 2.75) is 57.8 Å². The highest BCUT2D eigenvalue weighted by Crippen LogP contribution is 2.43. The molecule has 0 aliphatic heterocycles. The van der Waals surface area contributed by atoms with Crippen molar-refractivity contribution in [2.75, 3.05) is 13.2 Å². The van der Waals surface area contributed by atoms with Gasteiger partial charge in [0, 0.05) is 0 Å². The van der Waals surface area contributed by atoms with Crippen LogP contribution in [0, 0.1) is 35.3 Å². The molecular weight excluding hydrogens is 370 g/mol. The lowest BCUT2D eigenvalue weighted by Gasteiger charge is -2.36. The molecule has 29 heavy (non-hydrogen) atoms. The van der Waals surface area contributed by atoms with E-state index in [4.69, 9.17) is 9.47 Å². The first-order chi connectivity index (χ1) is 14.1. The van der Waals surface area contributed by atoms with Gasteiger partial charge in [-0.1, -0.05) is 12.2 Å². The maximum atomic E-state index is 14.3. The number of benzene rings is 1. The predicted molar refractivity (Wildman–Crippen MR) is 113 cm³/mol. The van der Waals surface area contributed by atoms with Gasteiger partial charge in [-0.3, -0.25) is 0 Å². The van der Waals surface area contributed by atoms with Gasteiger partial charge in [0.15, 0.2) is 11.5 Å². The molecule has 2 fully saturated rings. The van der Waals surface area contributed by atoms with E-state index in [9.17, 15) is 8.78 Å². The van der Waals surface area contributed by atoms with Gasteiger partial charge in [0.05, 0.1) is 13.2 Å². The van der Waals surface area contributed by atoms with E-state index in [-0.39, 0.29) is 18.1 Å². The van der Waals surface area contributed by atoms with Crippen molar-refractivity contribution in [2.24, 2.45) is 11.8 Å². The van der Waals surface area contributed by atoms with Gasteiger partial charge in [-0.25, -0.2) is 0 Å². The van der Waals surface area contributed by atoms with E-state index in [1.807, 2.05) is 6.08 Å². The van der Waals surface area contributed by atoms with E-state index >= 15 is 0 Å². The van der Waals surface area contributed by atoms with Crippen LogP contribution in [0.25, 0.3) is 0 Å². The molecule has 2 saturated carbocycles. The zero-order valence-electron chi connectivity index (χ0n) is 17.2. The first kappa shape index (κ1) is 21.9. The van der Waals surface area contributed by atoms with Crippen LogP contribution in [0.15, 0.2) is 37.4 Å². The summed E-state index contributed by atoms with van der Waals surface area (Å²) in [4.78, 5) is 0. The minimum atomic E-state index is -0.987. The summed E-state index contributed by atoms with van der Waals surface area (Å²) < 4.78 is 39.3. The lowest BCUT2D eigenvalue weighted by Crippen LogP contribution is -2.25. The van der Waals surface area contributed by atoms with E-state index in [1.165, 1.54) is 43.7 Å². The van der Waals surface area contributed by atoms with Gasteiger partial charge in [-0.15, -0.1) is 13.2 Å². The summed E-state index contributed by atoms with van der Waals surface area (Å²) >= 11 is 0. The zero-order valence-corrected chi connectivity index (χ0v) is 17.2. The maximum Gasteiger partial charge on any atom is 0.204 e. The lowest BCUT2D eigenvalue weighted by atomic mass is 9.69. The number of allylic oxidation sites excluding steroid dienone is 1. The third kappa shape index (κ3) is 5.83. The Labute approximate surface area is 174 Å². The van der Waals surface area contributed by atoms with E-state index in [0.29, 0.717) is 18.9 Å². The quantitative estimate of drug-likeness (QED) is 0.327. The van der Waals surface area contributed by atoms with Crippen LogP contribution < -0.4 is 9.47 Å². The first-order valence-electron chi connectivity index (χ1n) is 10.8. The van der Waals surface area contributed by atoms with Crippen molar-refractivity contribution in [3.05, 3.63) is 60.9 Å². The molecule has 0 saturated heterocycles. The van der Waals surface area contributed by atoms with Crippen LogP contribution in [0.5, 0.6) is 11.5 Å². The maximum absolute atomic E-state index is 14.3. The minimum absolute atomic E-state index is 0.0341. The molecule has 0 spiro atoms. The van der Waals surface area contributed by atoms with Crippen molar-refractivity contribution in [3.8, 4) is 11.5 Å². The Balaban J connectivity index is 1.44. The highest BCUT2D eigenvalue weighted by Gasteiger charge is 2.31. The number of rotatable bonds is 9. The Bertz CT molecular complexity index is 672. The molecule has 4 heteroatoms. The van der Waals surface area contributed by atoms with Gasteiger partial charge in [0.2, 0.25) is 11.6 Å². The van der Waals surface area contributed by atoms with Crippen LogP contribution >= 0.6 is 0 Å². The van der Waals surface area contributed by atoms with Gasteiger partial charge in [0.25, 0.3) is 0 Å². The minimum Gasteiger partial charge on any atom is -0.490 e. The van der Waals surface area contributed by atoms with Crippen LogP contribution in [-0.2, 0) is 0 Å². The Morgan fingerprint density at radius 3 is 2.10 bits per heavy atom. The molecule has 0 heterocycles. The molecule has 0 unspecified atom stereocenters. The molecule has 2 aliphatic carbocycles. The fourth-order valence-corrected chi connectivity index (χ4v) is 4.42. The van der Waals surface area contributed by atoms with Crippen LogP contribution in [0.3, 0.4) is 0 Å². The molecular formula is C25H32F2O2.